The van der Waals surface area contributed by atoms with Gasteiger partial charge in [0, 0.05) is 45.7 Å². The largest absolute Gasteiger partial charge is 0.486 e. The summed E-state index contributed by atoms with van der Waals surface area (Å²) in [5, 5.41) is 25.4. The summed E-state index contributed by atoms with van der Waals surface area (Å²) >= 11 is 0. The third-order valence-corrected chi connectivity index (χ3v) is 7.85. The van der Waals surface area contributed by atoms with Crippen molar-refractivity contribution >= 4 is 5.91 Å². The third-order valence-electron chi connectivity index (χ3n) is 7.85. The molecular weight excluding hydrogens is 450 g/mol. The molecule has 3 atom stereocenters. The second-order valence-electron chi connectivity index (χ2n) is 10.5. The van der Waals surface area contributed by atoms with Crippen LogP contribution in [0.1, 0.15) is 43.8 Å². The van der Waals surface area contributed by atoms with Crippen LogP contribution in [-0.4, -0.2) is 103 Å². The summed E-state index contributed by atoms with van der Waals surface area (Å²) in [6.07, 6.45) is 3.48. The number of carbonyl (C=O) groups is 1. The minimum absolute atomic E-state index is 0.0211. The highest BCUT2D eigenvalue weighted by Crippen LogP contribution is 2.34. The highest BCUT2D eigenvalue weighted by molar-refractivity contribution is 5.79. The first-order chi connectivity index (χ1) is 17.0. The molecule has 4 heterocycles. The number of amides is 1. The van der Waals surface area contributed by atoms with Crippen LogP contribution >= 0.6 is 0 Å². The van der Waals surface area contributed by atoms with Gasteiger partial charge in [0.2, 0.25) is 5.91 Å². The zero-order valence-electron chi connectivity index (χ0n) is 20.5. The number of hydrogen-bond acceptors (Lipinski definition) is 8. The van der Waals surface area contributed by atoms with Gasteiger partial charge in [-0.05, 0) is 56.6 Å². The second-order valence-corrected chi connectivity index (χ2v) is 10.5. The van der Waals surface area contributed by atoms with Gasteiger partial charge in [-0.1, -0.05) is 6.07 Å². The minimum atomic E-state index is -0.851. The first-order valence-corrected chi connectivity index (χ1v) is 13.1. The molecule has 1 aromatic rings. The van der Waals surface area contributed by atoms with E-state index in [2.05, 4.69) is 15.1 Å². The maximum Gasteiger partial charge on any atom is 0.224 e. The van der Waals surface area contributed by atoms with Crippen molar-refractivity contribution in [2.24, 2.45) is 5.92 Å². The molecule has 1 amide bonds. The lowest BCUT2D eigenvalue weighted by molar-refractivity contribution is -0.126. The fourth-order valence-electron chi connectivity index (χ4n) is 5.76. The maximum absolute atomic E-state index is 13.3. The van der Waals surface area contributed by atoms with Gasteiger partial charge in [-0.2, -0.15) is 0 Å². The van der Waals surface area contributed by atoms with Gasteiger partial charge in [-0.3, -0.25) is 9.69 Å². The molecule has 0 unspecified atom stereocenters. The summed E-state index contributed by atoms with van der Waals surface area (Å²) in [6.45, 7) is 6.77. The Hall–Kier alpha value is -1.91. The Morgan fingerprint density at radius 3 is 2.57 bits per heavy atom. The number of likely N-dealkylation sites (tertiary alicyclic amines) is 2. The molecule has 0 radical (unpaired) electrons. The lowest BCUT2D eigenvalue weighted by atomic mass is 9.94. The Bertz CT molecular complexity index is 871. The summed E-state index contributed by atoms with van der Waals surface area (Å²) in [6, 6.07) is 5.09. The van der Waals surface area contributed by atoms with Crippen LogP contribution in [0.2, 0.25) is 0 Å². The molecule has 3 fully saturated rings. The first kappa shape index (κ1) is 24.8. The summed E-state index contributed by atoms with van der Waals surface area (Å²) in [4.78, 5) is 17.8. The fourth-order valence-corrected chi connectivity index (χ4v) is 5.76. The molecule has 1 aromatic carbocycles. The lowest BCUT2D eigenvalue weighted by Crippen LogP contribution is -2.49. The molecule has 0 spiro atoms. The molecule has 9 nitrogen and oxygen atoms in total. The van der Waals surface area contributed by atoms with Gasteiger partial charge in [0.05, 0.1) is 17.6 Å². The number of rotatable bonds is 8. The van der Waals surface area contributed by atoms with Crippen LogP contribution in [0.25, 0.3) is 0 Å². The van der Waals surface area contributed by atoms with Crippen LogP contribution in [0, 0.1) is 5.92 Å². The van der Waals surface area contributed by atoms with E-state index in [-0.39, 0.29) is 11.8 Å². The number of nitrogens with zero attached hydrogens (tertiary/aromatic N) is 2. The molecular formula is C26H39N3O6. The Labute approximate surface area is 207 Å². The number of ether oxygens (including phenoxy) is 3. The predicted molar refractivity (Wildman–Crippen MR) is 130 cm³/mol. The van der Waals surface area contributed by atoms with Crippen LogP contribution < -0.4 is 14.8 Å². The van der Waals surface area contributed by atoms with E-state index in [9.17, 15) is 15.0 Å². The predicted octanol–water partition coefficient (Wildman–Crippen LogP) is 0.935. The van der Waals surface area contributed by atoms with Crippen molar-refractivity contribution in [1.82, 2.24) is 15.1 Å². The van der Waals surface area contributed by atoms with Crippen LogP contribution in [0.3, 0.4) is 0 Å². The van der Waals surface area contributed by atoms with Crippen molar-refractivity contribution in [3.05, 3.63) is 23.8 Å². The summed E-state index contributed by atoms with van der Waals surface area (Å²) in [5.41, 5.74) is -0.00962. The van der Waals surface area contributed by atoms with Gasteiger partial charge in [0.25, 0.3) is 0 Å². The van der Waals surface area contributed by atoms with E-state index in [4.69, 9.17) is 14.2 Å². The SMILES string of the molecule is O=C(N[C@H](CN1CCCC1)[C@H](O)c1ccc2c(c1)OCCO2)[C@@H]1CCN(CC2(O)CCOCC2)C1. The number of fused-ring (bicyclic) bond motifs is 1. The third kappa shape index (κ3) is 6.09. The number of aliphatic hydroxyl groups excluding tert-OH is 1. The van der Waals surface area contributed by atoms with Gasteiger partial charge in [-0.25, -0.2) is 0 Å². The number of nitrogens with one attached hydrogen (secondary N) is 1. The average Bonchev–Trinajstić information content (AvgIpc) is 3.55. The average molecular weight is 490 g/mol. The Balaban J connectivity index is 1.23. The first-order valence-electron chi connectivity index (χ1n) is 13.1. The molecule has 35 heavy (non-hydrogen) atoms. The monoisotopic (exact) mass is 489 g/mol. The molecule has 0 saturated carbocycles. The zero-order chi connectivity index (χ0) is 24.3. The topological polar surface area (TPSA) is 104 Å². The van der Waals surface area contributed by atoms with Crippen LogP contribution in [-0.2, 0) is 9.53 Å². The lowest BCUT2D eigenvalue weighted by Gasteiger charge is -2.35. The molecule has 9 heteroatoms. The van der Waals surface area contributed by atoms with E-state index in [0.29, 0.717) is 76.0 Å². The highest BCUT2D eigenvalue weighted by atomic mass is 16.6. The number of carbonyl (C=O) groups excluding carboxylic acids is 1. The maximum atomic E-state index is 13.3. The summed E-state index contributed by atoms with van der Waals surface area (Å²) in [7, 11) is 0. The molecule has 0 aromatic heterocycles. The smallest absolute Gasteiger partial charge is 0.224 e. The van der Waals surface area contributed by atoms with Gasteiger partial charge in [0.1, 0.15) is 19.3 Å². The molecule has 0 aliphatic carbocycles. The Morgan fingerprint density at radius 2 is 1.80 bits per heavy atom. The van der Waals surface area contributed by atoms with Gasteiger partial charge in [-0.15, -0.1) is 0 Å². The number of aliphatic hydroxyl groups is 2. The number of β-amino-alcohol motifs (C(OH)–C–C–N with tert-alkyl or cyclic N) is 1. The van der Waals surface area contributed by atoms with Crippen LogP contribution in [0.4, 0.5) is 0 Å². The number of hydrogen-bond donors (Lipinski definition) is 3. The van der Waals surface area contributed by atoms with Crippen molar-refractivity contribution in [3.8, 4) is 11.5 Å². The summed E-state index contributed by atoms with van der Waals surface area (Å²) in [5.74, 6) is 1.15. The Kier molecular flexibility index (Phi) is 7.79. The standard InChI is InChI=1S/C26H39N3O6/c30-24(19-3-4-22-23(15-19)35-14-13-34-22)21(17-28-8-1-2-9-28)27-25(31)20-5-10-29(16-20)18-26(32)6-11-33-12-7-26/h3-4,15,20-21,24,30,32H,1-2,5-14,16-18H2,(H,27,31)/t20-,21-,24-/m1/s1. The Morgan fingerprint density at radius 1 is 1.06 bits per heavy atom. The molecule has 3 N–H and O–H groups in total. The summed E-state index contributed by atoms with van der Waals surface area (Å²) < 4.78 is 16.7. The highest BCUT2D eigenvalue weighted by Gasteiger charge is 2.37. The van der Waals surface area contributed by atoms with Gasteiger partial charge >= 0.3 is 0 Å². The molecule has 194 valence electrons. The van der Waals surface area contributed by atoms with Crippen molar-refractivity contribution < 1.29 is 29.2 Å². The van der Waals surface area contributed by atoms with E-state index in [1.807, 2.05) is 18.2 Å². The van der Waals surface area contributed by atoms with E-state index in [0.717, 1.165) is 38.9 Å². The van der Waals surface area contributed by atoms with E-state index in [1.165, 1.54) is 0 Å². The molecule has 4 aliphatic heterocycles. The normalized spacial score (nSPS) is 26.4. The van der Waals surface area contributed by atoms with Crippen molar-refractivity contribution in [2.75, 3.05) is 65.7 Å². The van der Waals surface area contributed by atoms with Crippen molar-refractivity contribution in [2.45, 2.75) is 49.9 Å². The molecule has 4 aliphatic rings. The fraction of sp³-hybridized carbons (Fsp3) is 0.731. The van der Waals surface area contributed by atoms with Crippen LogP contribution in [0.15, 0.2) is 18.2 Å². The van der Waals surface area contributed by atoms with Gasteiger partial charge in [0.15, 0.2) is 11.5 Å². The van der Waals surface area contributed by atoms with E-state index >= 15 is 0 Å². The van der Waals surface area contributed by atoms with E-state index < -0.39 is 17.7 Å². The minimum Gasteiger partial charge on any atom is -0.486 e. The van der Waals surface area contributed by atoms with Crippen molar-refractivity contribution in [3.63, 3.8) is 0 Å². The zero-order valence-corrected chi connectivity index (χ0v) is 20.5. The second kappa shape index (κ2) is 11.0. The van der Waals surface area contributed by atoms with Crippen molar-refractivity contribution in [1.29, 1.82) is 0 Å². The quantitative estimate of drug-likeness (QED) is 0.496. The molecule has 0 bridgehead atoms. The molecule has 5 rings (SSSR count). The molecule has 3 saturated heterocycles. The van der Waals surface area contributed by atoms with Gasteiger partial charge < -0.3 is 34.6 Å². The number of benzene rings is 1. The van der Waals surface area contributed by atoms with Crippen LogP contribution in [0.5, 0.6) is 11.5 Å². The van der Waals surface area contributed by atoms with E-state index in [1.54, 1.807) is 0 Å².